The summed E-state index contributed by atoms with van der Waals surface area (Å²) in [6.07, 6.45) is 0.260. The molecule has 2 amide bonds. The Bertz CT molecular complexity index is 877. The normalized spacial score (nSPS) is 14.5. The van der Waals surface area contributed by atoms with Crippen molar-refractivity contribution in [2.45, 2.75) is 39.8 Å². The lowest BCUT2D eigenvalue weighted by Gasteiger charge is -2.22. The average Bonchev–Trinajstić information content (AvgIpc) is 2.95. The molecule has 0 saturated carbocycles. The van der Waals surface area contributed by atoms with Crippen LogP contribution in [0.3, 0.4) is 0 Å². The summed E-state index contributed by atoms with van der Waals surface area (Å²) in [5.74, 6) is 1.24. The highest BCUT2D eigenvalue weighted by Gasteiger charge is 2.24. The van der Waals surface area contributed by atoms with Gasteiger partial charge in [-0.15, -0.1) is 11.3 Å². The third-order valence-corrected chi connectivity index (χ3v) is 5.68. The fraction of sp³-hybridized carbons (Fsp3) is 0.429. The van der Waals surface area contributed by atoms with Crippen molar-refractivity contribution in [3.05, 3.63) is 34.7 Å². The van der Waals surface area contributed by atoms with Crippen LogP contribution in [-0.4, -0.2) is 43.0 Å². The van der Waals surface area contributed by atoms with Crippen LogP contribution in [0.5, 0.6) is 11.5 Å². The van der Waals surface area contributed by atoms with Crippen molar-refractivity contribution in [2.75, 3.05) is 20.3 Å². The molecule has 28 heavy (non-hydrogen) atoms. The third kappa shape index (κ3) is 4.65. The van der Waals surface area contributed by atoms with Gasteiger partial charge in [0.1, 0.15) is 6.61 Å². The topological polar surface area (TPSA) is 67.9 Å². The van der Waals surface area contributed by atoms with Crippen LogP contribution in [0.15, 0.2) is 24.3 Å². The first-order chi connectivity index (χ1) is 13.4. The Morgan fingerprint density at radius 1 is 1.36 bits per heavy atom. The predicted octanol–water partition coefficient (Wildman–Crippen LogP) is 3.37. The number of aryl methyl sites for hydroxylation is 1. The lowest BCUT2D eigenvalue weighted by Crippen LogP contribution is -2.39. The Morgan fingerprint density at radius 3 is 2.79 bits per heavy atom. The molecule has 1 aromatic heterocycles. The van der Waals surface area contributed by atoms with Crippen LogP contribution in [0.25, 0.3) is 10.4 Å². The van der Waals surface area contributed by atoms with E-state index in [-0.39, 0.29) is 24.3 Å². The number of methoxy groups -OCH3 is 1. The third-order valence-electron chi connectivity index (χ3n) is 4.63. The van der Waals surface area contributed by atoms with Crippen molar-refractivity contribution in [3.63, 3.8) is 0 Å². The maximum absolute atomic E-state index is 12.8. The number of rotatable bonds is 5. The molecule has 0 spiro atoms. The number of ether oxygens (including phenoxy) is 2. The Balaban J connectivity index is 1.86. The Labute approximate surface area is 169 Å². The SMILES string of the molecule is COc1cc(-c2ccc(C)s2)cc2c1OCCN(C(=O)C[C@H](C)NC(C)=O)C2. The molecule has 1 aliphatic rings. The molecule has 2 heterocycles. The van der Waals surface area contributed by atoms with Gasteiger partial charge in [0.15, 0.2) is 11.5 Å². The molecule has 1 aromatic carbocycles. The number of thiophene rings is 1. The molecular formula is C21H26N2O4S. The predicted molar refractivity (Wildman–Crippen MR) is 110 cm³/mol. The van der Waals surface area contributed by atoms with Crippen molar-refractivity contribution in [2.24, 2.45) is 0 Å². The fourth-order valence-corrected chi connectivity index (χ4v) is 4.22. The summed E-state index contributed by atoms with van der Waals surface area (Å²) >= 11 is 1.72. The van der Waals surface area contributed by atoms with Gasteiger partial charge in [0.2, 0.25) is 11.8 Å². The van der Waals surface area contributed by atoms with Gasteiger partial charge in [-0.05, 0) is 43.7 Å². The van der Waals surface area contributed by atoms with Crippen LogP contribution < -0.4 is 14.8 Å². The first kappa shape index (κ1) is 20.2. The summed E-state index contributed by atoms with van der Waals surface area (Å²) in [7, 11) is 1.63. The molecule has 1 N–H and O–H groups in total. The molecule has 0 radical (unpaired) electrons. The van der Waals surface area contributed by atoms with Gasteiger partial charge in [0, 0.05) is 41.2 Å². The summed E-state index contributed by atoms with van der Waals surface area (Å²) in [6, 6.07) is 8.04. The molecule has 2 aromatic rings. The molecule has 0 aliphatic carbocycles. The van der Waals surface area contributed by atoms with Gasteiger partial charge >= 0.3 is 0 Å². The monoisotopic (exact) mass is 402 g/mol. The van der Waals surface area contributed by atoms with E-state index in [1.807, 2.05) is 13.0 Å². The molecule has 0 fully saturated rings. The lowest BCUT2D eigenvalue weighted by molar-refractivity contribution is -0.132. The van der Waals surface area contributed by atoms with Gasteiger partial charge in [-0.25, -0.2) is 0 Å². The summed E-state index contributed by atoms with van der Waals surface area (Å²) in [6.45, 7) is 6.72. The number of amides is 2. The van der Waals surface area contributed by atoms with Crippen LogP contribution in [0.4, 0.5) is 0 Å². The number of hydrogen-bond acceptors (Lipinski definition) is 5. The van der Waals surface area contributed by atoms with Crippen molar-refractivity contribution < 1.29 is 19.1 Å². The number of nitrogens with one attached hydrogen (secondary N) is 1. The van der Waals surface area contributed by atoms with E-state index in [9.17, 15) is 9.59 Å². The average molecular weight is 403 g/mol. The van der Waals surface area contributed by atoms with E-state index in [2.05, 4.69) is 30.4 Å². The minimum atomic E-state index is -0.205. The molecular weight excluding hydrogens is 376 g/mol. The van der Waals surface area contributed by atoms with Crippen LogP contribution >= 0.6 is 11.3 Å². The molecule has 0 unspecified atom stereocenters. The second-order valence-corrected chi connectivity index (χ2v) is 8.33. The van der Waals surface area contributed by atoms with E-state index in [0.29, 0.717) is 31.2 Å². The number of carbonyl (C=O) groups excluding carboxylic acids is 2. The van der Waals surface area contributed by atoms with Crippen LogP contribution in [0.1, 0.15) is 30.7 Å². The lowest BCUT2D eigenvalue weighted by atomic mass is 10.1. The van der Waals surface area contributed by atoms with Gasteiger partial charge in [-0.2, -0.15) is 0 Å². The van der Waals surface area contributed by atoms with E-state index >= 15 is 0 Å². The standard InChI is InChI=1S/C21H26N2O4S/c1-13(22-15(3)24)9-20(25)23-7-8-27-21-17(12-23)10-16(11-18(21)26-4)19-6-5-14(2)28-19/h5-6,10-11,13H,7-9,12H2,1-4H3,(H,22,24)/t13-/m0/s1. The van der Waals surface area contributed by atoms with Gasteiger partial charge in [0.05, 0.1) is 13.7 Å². The summed E-state index contributed by atoms with van der Waals surface area (Å²) in [4.78, 5) is 28.1. The van der Waals surface area contributed by atoms with E-state index in [4.69, 9.17) is 9.47 Å². The molecule has 7 heteroatoms. The largest absolute Gasteiger partial charge is 0.493 e. The Hall–Kier alpha value is -2.54. The van der Waals surface area contributed by atoms with E-state index < -0.39 is 0 Å². The van der Waals surface area contributed by atoms with Crippen molar-refractivity contribution in [1.82, 2.24) is 10.2 Å². The zero-order valence-electron chi connectivity index (χ0n) is 16.7. The molecule has 1 atom stereocenters. The number of carbonyl (C=O) groups is 2. The summed E-state index contributed by atoms with van der Waals surface area (Å²) < 4.78 is 11.5. The maximum Gasteiger partial charge on any atom is 0.225 e. The Kier molecular flexibility index (Phi) is 6.24. The minimum absolute atomic E-state index is 0.00552. The quantitative estimate of drug-likeness (QED) is 0.833. The Morgan fingerprint density at radius 2 is 2.14 bits per heavy atom. The molecule has 3 rings (SSSR count). The van der Waals surface area contributed by atoms with Gasteiger partial charge in [-0.1, -0.05) is 0 Å². The molecule has 0 bridgehead atoms. The van der Waals surface area contributed by atoms with E-state index in [0.717, 1.165) is 16.0 Å². The zero-order valence-corrected chi connectivity index (χ0v) is 17.5. The summed E-state index contributed by atoms with van der Waals surface area (Å²) in [5, 5.41) is 2.76. The highest BCUT2D eigenvalue weighted by molar-refractivity contribution is 7.15. The minimum Gasteiger partial charge on any atom is -0.493 e. The van der Waals surface area contributed by atoms with Crippen molar-refractivity contribution in [1.29, 1.82) is 0 Å². The first-order valence-electron chi connectivity index (χ1n) is 9.32. The van der Waals surface area contributed by atoms with E-state index in [1.54, 1.807) is 23.3 Å². The number of hydrogen-bond donors (Lipinski definition) is 1. The zero-order chi connectivity index (χ0) is 20.3. The van der Waals surface area contributed by atoms with E-state index in [1.165, 1.54) is 11.8 Å². The van der Waals surface area contributed by atoms with Gasteiger partial charge in [-0.3, -0.25) is 9.59 Å². The fourth-order valence-electron chi connectivity index (χ4n) is 3.37. The summed E-state index contributed by atoms with van der Waals surface area (Å²) in [5.41, 5.74) is 1.98. The molecule has 1 aliphatic heterocycles. The van der Waals surface area contributed by atoms with Crippen LogP contribution in [0, 0.1) is 6.92 Å². The first-order valence-corrected chi connectivity index (χ1v) is 10.1. The van der Waals surface area contributed by atoms with Crippen LogP contribution in [0.2, 0.25) is 0 Å². The van der Waals surface area contributed by atoms with Gasteiger partial charge in [0.25, 0.3) is 0 Å². The second kappa shape index (κ2) is 8.65. The van der Waals surface area contributed by atoms with Crippen molar-refractivity contribution in [3.8, 4) is 21.9 Å². The van der Waals surface area contributed by atoms with Crippen LogP contribution in [-0.2, 0) is 16.1 Å². The van der Waals surface area contributed by atoms with Gasteiger partial charge < -0.3 is 19.7 Å². The number of nitrogens with zero attached hydrogens (tertiary/aromatic N) is 1. The second-order valence-electron chi connectivity index (χ2n) is 7.05. The maximum atomic E-state index is 12.8. The number of benzene rings is 1. The highest BCUT2D eigenvalue weighted by atomic mass is 32.1. The molecule has 0 saturated heterocycles. The smallest absolute Gasteiger partial charge is 0.225 e. The van der Waals surface area contributed by atoms with Crippen molar-refractivity contribution >= 4 is 23.2 Å². The highest BCUT2D eigenvalue weighted by Crippen LogP contribution is 2.40. The molecule has 6 nitrogen and oxygen atoms in total. The molecule has 150 valence electrons. The number of fused-ring (bicyclic) bond motifs is 1.